The van der Waals surface area contributed by atoms with Gasteiger partial charge in [-0.2, -0.15) is 0 Å². The molecule has 146 valence electrons. The van der Waals surface area contributed by atoms with Gasteiger partial charge in [-0.25, -0.2) is 9.78 Å². The Labute approximate surface area is 166 Å². The van der Waals surface area contributed by atoms with Crippen molar-refractivity contribution in [1.29, 1.82) is 0 Å². The summed E-state index contributed by atoms with van der Waals surface area (Å²) in [5.74, 6) is -1.22. The lowest BCUT2D eigenvalue weighted by atomic mass is 10.3. The monoisotopic (exact) mass is 449 g/mol. The summed E-state index contributed by atoms with van der Waals surface area (Å²) in [6.45, 7) is -0.798. The Bertz CT molecular complexity index is 1180. The van der Waals surface area contributed by atoms with Gasteiger partial charge in [-0.05, 0) is 24.3 Å². The SMILES string of the molecule is Cn1c(=O)c2c(ncn2CC(=O)OCC(=O)Nc2ccc(Br)cc2)n(C)c1=O. The van der Waals surface area contributed by atoms with E-state index in [1.807, 2.05) is 0 Å². The molecule has 2 heterocycles. The van der Waals surface area contributed by atoms with E-state index in [1.54, 1.807) is 24.3 Å². The van der Waals surface area contributed by atoms with Crippen LogP contribution in [-0.2, 0) is 35.0 Å². The van der Waals surface area contributed by atoms with Crippen LogP contribution in [0.25, 0.3) is 11.2 Å². The normalized spacial score (nSPS) is 10.8. The number of fused-ring (bicyclic) bond motifs is 1. The minimum atomic E-state index is -0.721. The number of carbonyl (C=O) groups excluding carboxylic acids is 2. The number of hydrogen-bond donors (Lipinski definition) is 1. The highest BCUT2D eigenvalue weighted by molar-refractivity contribution is 9.10. The topological polar surface area (TPSA) is 117 Å². The van der Waals surface area contributed by atoms with E-state index >= 15 is 0 Å². The molecule has 3 rings (SSSR count). The molecule has 0 fully saturated rings. The van der Waals surface area contributed by atoms with Crippen molar-refractivity contribution in [2.45, 2.75) is 6.54 Å². The molecule has 28 heavy (non-hydrogen) atoms. The van der Waals surface area contributed by atoms with Crippen molar-refractivity contribution in [2.75, 3.05) is 11.9 Å². The average molecular weight is 450 g/mol. The van der Waals surface area contributed by atoms with Crippen LogP contribution in [0.1, 0.15) is 0 Å². The number of aromatic nitrogens is 4. The largest absolute Gasteiger partial charge is 0.454 e. The van der Waals surface area contributed by atoms with E-state index in [1.165, 1.54) is 29.6 Å². The van der Waals surface area contributed by atoms with Crippen LogP contribution in [-0.4, -0.2) is 37.2 Å². The Balaban J connectivity index is 1.67. The first-order valence-electron chi connectivity index (χ1n) is 8.10. The van der Waals surface area contributed by atoms with Crippen molar-refractivity contribution >= 4 is 44.7 Å². The van der Waals surface area contributed by atoms with Crippen molar-refractivity contribution in [3.63, 3.8) is 0 Å². The molecule has 1 amide bonds. The molecule has 0 aliphatic rings. The summed E-state index contributed by atoms with van der Waals surface area (Å²) >= 11 is 3.29. The maximum atomic E-state index is 12.3. The van der Waals surface area contributed by atoms with Crippen molar-refractivity contribution in [3.05, 3.63) is 55.9 Å². The number of halogens is 1. The molecule has 10 nitrogen and oxygen atoms in total. The molecule has 0 bridgehead atoms. The van der Waals surface area contributed by atoms with Crippen LogP contribution in [0.15, 0.2) is 44.7 Å². The molecule has 0 atom stereocenters. The van der Waals surface area contributed by atoms with Crippen LogP contribution in [0, 0.1) is 0 Å². The van der Waals surface area contributed by atoms with Crippen molar-refractivity contribution in [1.82, 2.24) is 18.7 Å². The first-order chi connectivity index (χ1) is 13.3. The summed E-state index contributed by atoms with van der Waals surface area (Å²) in [6, 6.07) is 6.92. The van der Waals surface area contributed by atoms with Gasteiger partial charge < -0.3 is 14.6 Å². The molecule has 0 saturated carbocycles. The number of anilines is 1. The third-order valence-corrected chi connectivity index (χ3v) is 4.54. The molecule has 2 aromatic heterocycles. The summed E-state index contributed by atoms with van der Waals surface area (Å²) in [7, 11) is 2.82. The van der Waals surface area contributed by atoms with Gasteiger partial charge in [0.05, 0.1) is 6.33 Å². The standard InChI is InChI=1S/C17H16BrN5O5/c1-21-15-14(16(26)22(2)17(21)27)23(9-19-15)7-13(25)28-8-12(24)20-11-5-3-10(18)4-6-11/h3-6,9H,7-8H2,1-2H3,(H,20,24). The second-order valence-corrected chi connectivity index (χ2v) is 6.88. The number of amides is 1. The Hall–Kier alpha value is -3.21. The molecular weight excluding hydrogens is 434 g/mol. The lowest BCUT2D eigenvalue weighted by molar-refractivity contribution is -0.147. The molecule has 1 aromatic carbocycles. The lowest BCUT2D eigenvalue weighted by Gasteiger charge is -2.08. The van der Waals surface area contributed by atoms with E-state index in [9.17, 15) is 19.2 Å². The Morgan fingerprint density at radius 1 is 1.14 bits per heavy atom. The summed E-state index contributed by atoms with van der Waals surface area (Å²) in [6.07, 6.45) is 1.27. The summed E-state index contributed by atoms with van der Waals surface area (Å²) in [5.41, 5.74) is -0.268. The Kier molecular flexibility index (Phi) is 5.45. The summed E-state index contributed by atoms with van der Waals surface area (Å²) < 4.78 is 9.25. The highest BCUT2D eigenvalue weighted by atomic mass is 79.9. The van der Waals surface area contributed by atoms with Crippen LogP contribution in [0.3, 0.4) is 0 Å². The molecule has 11 heteroatoms. The fourth-order valence-electron chi connectivity index (χ4n) is 2.58. The minimum Gasteiger partial charge on any atom is -0.454 e. The molecule has 0 spiro atoms. The Morgan fingerprint density at radius 3 is 2.50 bits per heavy atom. The number of nitrogens with one attached hydrogen (secondary N) is 1. The quantitative estimate of drug-likeness (QED) is 0.562. The van der Waals surface area contributed by atoms with Crippen LogP contribution >= 0.6 is 15.9 Å². The zero-order valence-electron chi connectivity index (χ0n) is 15.0. The summed E-state index contributed by atoms with van der Waals surface area (Å²) in [5, 5.41) is 2.60. The number of carbonyl (C=O) groups is 2. The van der Waals surface area contributed by atoms with Gasteiger partial charge in [-0.15, -0.1) is 0 Å². The van der Waals surface area contributed by atoms with Gasteiger partial charge in [0, 0.05) is 24.3 Å². The maximum absolute atomic E-state index is 12.3. The first kappa shape index (κ1) is 19.5. The average Bonchev–Trinajstić information content (AvgIpc) is 3.08. The number of esters is 1. The number of imidazole rings is 1. The second-order valence-electron chi connectivity index (χ2n) is 5.97. The van der Waals surface area contributed by atoms with Gasteiger partial charge >= 0.3 is 11.7 Å². The zero-order chi connectivity index (χ0) is 20.4. The van der Waals surface area contributed by atoms with Gasteiger partial charge in [-0.3, -0.25) is 23.5 Å². The predicted octanol–water partition coefficient (Wildman–Crippen LogP) is 0.378. The van der Waals surface area contributed by atoms with Crippen molar-refractivity contribution in [3.8, 4) is 0 Å². The number of benzene rings is 1. The van der Waals surface area contributed by atoms with Crippen molar-refractivity contribution < 1.29 is 14.3 Å². The third kappa shape index (κ3) is 3.88. The van der Waals surface area contributed by atoms with E-state index in [-0.39, 0.29) is 17.7 Å². The van der Waals surface area contributed by atoms with Gasteiger partial charge in [0.2, 0.25) is 0 Å². The van der Waals surface area contributed by atoms with Crippen LogP contribution in [0.5, 0.6) is 0 Å². The number of aryl methyl sites for hydroxylation is 1. The Morgan fingerprint density at radius 2 is 1.82 bits per heavy atom. The highest BCUT2D eigenvalue weighted by Gasteiger charge is 2.17. The van der Waals surface area contributed by atoms with E-state index in [4.69, 9.17) is 4.74 Å². The fourth-order valence-corrected chi connectivity index (χ4v) is 2.84. The number of ether oxygens (including phenoxy) is 1. The molecule has 0 aliphatic carbocycles. The molecule has 0 aliphatic heterocycles. The summed E-state index contributed by atoms with van der Waals surface area (Å²) in [4.78, 5) is 52.2. The molecule has 1 N–H and O–H groups in total. The first-order valence-corrected chi connectivity index (χ1v) is 8.89. The van der Waals surface area contributed by atoms with Gasteiger partial charge in [0.25, 0.3) is 11.5 Å². The second kappa shape index (κ2) is 7.80. The number of nitrogens with zero attached hydrogens (tertiary/aromatic N) is 4. The predicted molar refractivity (Wildman–Crippen MR) is 104 cm³/mol. The molecule has 0 radical (unpaired) electrons. The van der Waals surface area contributed by atoms with E-state index < -0.39 is 29.7 Å². The van der Waals surface area contributed by atoms with E-state index in [2.05, 4.69) is 26.2 Å². The maximum Gasteiger partial charge on any atom is 0.332 e. The zero-order valence-corrected chi connectivity index (χ0v) is 16.6. The molecule has 3 aromatic rings. The number of hydrogen-bond acceptors (Lipinski definition) is 6. The molecular formula is C17H16BrN5O5. The third-order valence-electron chi connectivity index (χ3n) is 4.01. The highest BCUT2D eigenvalue weighted by Crippen LogP contribution is 2.14. The van der Waals surface area contributed by atoms with Gasteiger partial charge in [0.15, 0.2) is 17.8 Å². The van der Waals surface area contributed by atoms with Crippen LogP contribution in [0.4, 0.5) is 5.69 Å². The number of rotatable bonds is 5. The minimum absolute atomic E-state index is 0.0980. The van der Waals surface area contributed by atoms with E-state index in [0.29, 0.717) is 5.69 Å². The smallest absolute Gasteiger partial charge is 0.332 e. The van der Waals surface area contributed by atoms with Crippen molar-refractivity contribution in [2.24, 2.45) is 14.1 Å². The molecule has 0 saturated heterocycles. The van der Waals surface area contributed by atoms with Crippen LogP contribution in [0.2, 0.25) is 0 Å². The van der Waals surface area contributed by atoms with Gasteiger partial charge in [0.1, 0.15) is 6.54 Å². The van der Waals surface area contributed by atoms with Crippen LogP contribution < -0.4 is 16.6 Å². The molecule has 0 unspecified atom stereocenters. The fraction of sp³-hybridized carbons (Fsp3) is 0.235. The lowest BCUT2D eigenvalue weighted by Crippen LogP contribution is -2.37. The van der Waals surface area contributed by atoms with E-state index in [0.717, 1.165) is 9.04 Å². The van der Waals surface area contributed by atoms with Gasteiger partial charge in [-0.1, -0.05) is 15.9 Å².